The zero-order valence-electron chi connectivity index (χ0n) is 15.4. The number of hydrogen-bond acceptors (Lipinski definition) is 6. The average molecular weight is 355 g/mol. The molecular weight excluding hydrogens is 330 g/mol. The number of carbonyl (C=O) groups is 1. The standard InChI is InChI=1S/C19H25N5O2/c1-13(2)9-16-22-17(23-26-16)14-11-24(12-19(14)5-3-4-6-19)18(25)15-10-20-7-8-21-15/h7-8,10,13-14H,3-6,9,11-12H2,1-2H3. The molecule has 3 heterocycles. The van der Waals surface area contributed by atoms with Crippen molar-refractivity contribution >= 4 is 5.91 Å². The largest absolute Gasteiger partial charge is 0.339 e. The zero-order valence-corrected chi connectivity index (χ0v) is 15.4. The fourth-order valence-corrected chi connectivity index (χ4v) is 4.48. The van der Waals surface area contributed by atoms with Crippen molar-refractivity contribution in [3.8, 4) is 0 Å². The highest BCUT2D eigenvalue weighted by atomic mass is 16.5. The predicted octanol–water partition coefficient (Wildman–Crippen LogP) is 2.86. The summed E-state index contributed by atoms with van der Waals surface area (Å²) < 4.78 is 5.48. The average Bonchev–Trinajstić information content (AvgIpc) is 3.36. The zero-order chi connectivity index (χ0) is 18.1. The topological polar surface area (TPSA) is 85.0 Å². The third kappa shape index (κ3) is 3.10. The Labute approximate surface area is 153 Å². The van der Waals surface area contributed by atoms with Gasteiger partial charge in [-0.3, -0.25) is 9.78 Å². The fraction of sp³-hybridized carbons (Fsp3) is 0.632. The maximum Gasteiger partial charge on any atom is 0.274 e. The molecule has 0 N–H and O–H groups in total. The van der Waals surface area contributed by atoms with Crippen LogP contribution in [0.25, 0.3) is 0 Å². The minimum Gasteiger partial charge on any atom is -0.339 e. The van der Waals surface area contributed by atoms with Crippen molar-refractivity contribution in [2.45, 2.75) is 51.9 Å². The van der Waals surface area contributed by atoms with Gasteiger partial charge in [-0.2, -0.15) is 4.98 Å². The lowest BCUT2D eigenvalue weighted by atomic mass is 9.76. The van der Waals surface area contributed by atoms with Crippen LogP contribution in [0, 0.1) is 11.3 Å². The van der Waals surface area contributed by atoms with E-state index in [-0.39, 0.29) is 17.2 Å². The van der Waals surface area contributed by atoms with Crippen LogP contribution in [0.15, 0.2) is 23.1 Å². The van der Waals surface area contributed by atoms with E-state index in [1.165, 1.54) is 19.0 Å². The van der Waals surface area contributed by atoms with E-state index in [1.54, 1.807) is 12.4 Å². The van der Waals surface area contributed by atoms with Gasteiger partial charge < -0.3 is 9.42 Å². The maximum absolute atomic E-state index is 12.9. The Morgan fingerprint density at radius 3 is 2.85 bits per heavy atom. The molecule has 0 aromatic carbocycles. The van der Waals surface area contributed by atoms with Crippen LogP contribution < -0.4 is 0 Å². The lowest BCUT2D eigenvalue weighted by Gasteiger charge is -2.27. The molecule has 2 fully saturated rings. The number of carbonyl (C=O) groups excluding carboxylic acids is 1. The van der Waals surface area contributed by atoms with Crippen LogP contribution in [0.1, 0.15) is 67.7 Å². The Morgan fingerprint density at radius 2 is 2.15 bits per heavy atom. The van der Waals surface area contributed by atoms with Gasteiger partial charge in [0, 0.05) is 37.8 Å². The maximum atomic E-state index is 12.9. The molecule has 1 spiro atoms. The van der Waals surface area contributed by atoms with Crippen molar-refractivity contribution in [3.63, 3.8) is 0 Å². The number of amides is 1. The quantitative estimate of drug-likeness (QED) is 0.838. The van der Waals surface area contributed by atoms with Crippen molar-refractivity contribution in [2.75, 3.05) is 13.1 Å². The van der Waals surface area contributed by atoms with Crippen LogP contribution in [0.5, 0.6) is 0 Å². The summed E-state index contributed by atoms with van der Waals surface area (Å²) in [6, 6.07) is 0. The molecule has 1 aliphatic heterocycles. The van der Waals surface area contributed by atoms with Crippen molar-refractivity contribution in [1.29, 1.82) is 0 Å². The van der Waals surface area contributed by atoms with Crippen molar-refractivity contribution < 1.29 is 9.32 Å². The second-order valence-corrected chi connectivity index (χ2v) is 8.04. The monoisotopic (exact) mass is 355 g/mol. The molecule has 4 rings (SSSR count). The van der Waals surface area contributed by atoms with E-state index in [9.17, 15) is 4.79 Å². The van der Waals surface area contributed by atoms with E-state index in [0.717, 1.165) is 31.6 Å². The second-order valence-electron chi connectivity index (χ2n) is 8.04. The number of rotatable bonds is 4. The van der Waals surface area contributed by atoms with Crippen LogP contribution in [0.4, 0.5) is 0 Å². The summed E-state index contributed by atoms with van der Waals surface area (Å²) in [6.45, 7) is 5.63. The normalized spacial score (nSPS) is 21.8. The molecule has 2 aromatic heterocycles. The molecule has 2 aromatic rings. The third-order valence-electron chi connectivity index (χ3n) is 5.70. The summed E-state index contributed by atoms with van der Waals surface area (Å²) in [5, 5.41) is 4.28. The Balaban J connectivity index is 1.59. The van der Waals surface area contributed by atoms with Crippen LogP contribution in [-0.2, 0) is 6.42 Å². The number of nitrogens with zero attached hydrogens (tertiary/aromatic N) is 5. The van der Waals surface area contributed by atoms with Crippen molar-refractivity contribution in [3.05, 3.63) is 36.0 Å². The van der Waals surface area contributed by atoms with Gasteiger partial charge in [0.15, 0.2) is 5.82 Å². The summed E-state index contributed by atoms with van der Waals surface area (Å²) in [5.41, 5.74) is 0.464. The molecule has 2 aliphatic rings. The first-order chi connectivity index (χ1) is 12.6. The van der Waals surface area contributed by atoms with Crippen LogP contribution in [0.3, 0.4) is 0 Å². The lowest BCUT2D eigenvalue weighted by molar-refractivity contribution is 0.0767. The summed E-state index contributed by atoms with van der Waals surface area (Å²) in [4.78, 5) is 27.6. The molecule has 7 heteroatoms. The second kappa shape index (κ2) is 6.78. The van der Waals surface area contributed by atoms with Gasteiger partial charge >= 0.3 is 0 Å². The molecule has 1 amide bonds. The van der Waals surface area contributed by atoms with E-state index in [2.05, 4.69) is 34.0 Å². The highest BCUT2D eigenvalue weighted by Crippen LogP contribution is 2.52. The molecule has 138 valence electrons. The Bertz CT molecular complexity index is 767. The van der Waals surface area contributed by atoms with Crippen LogP contribution in [0.2, 0.25) is 0 Å². The van der Waals surface area contributed by atoms with E-state index in [4.69, 9.17) is 4.52 Å². The summed E-state index contributed by atoms with van der Waals surface area (Å²) >= 11 is 0. The van der Waals surface area contributed by atoms with Gasteiger partial charge in [0.2, 0.25) is 5.89 Å². The SMILES string of the molecule is CC(C)Cc1nc(C2CN(C(=O)c3cnccn3)CC23CCCC3)no1. The number of aromatic nitrogens is 4. The fourth-order valence-electron chi connectivity index (χ4n) is 4.48. The molecule has 26 heavy (non-hydrogen) atoms. The molecule has 1 saturated heterocycles. The molecule has 0 radical (unpaired) electrons. The molecule has 1 saturated carbocycles. The van der Waals surface area contributed by atoms with E-state index in [1.807, 2.05) is 4.90 Å². The van der Waals surface area contributed by atoms with Crippen molar-refractivity contribution in [2.24, 2.45) is 11.3 Å². The summed E-state index contributed by atoms with van der Waals surface area (Å²) in [7, 11) is 0. The summed E-state index contributed by atoms with van der Waals surface area (Å²) in [5.74, 6) is 2.01. The van der Waals surface area contributed by atoms with Crippen LogP contribution in [-0.4, -0.2) is 44.0 Å². The molecule has 1 atom stereocenters. The van der Waals surface area contributed by atoms with E-state index < -0.39 is 0 Å². The van der Waals surface area contributed by atoms with E-state index >= 15 is 0 Å². The molecule has 0 bridgehead atoms. The first-order valence-electron chi connectivity index (χ1n) is 9.45. The molecule has 7 nitrogen and oxygen atoms in total. The number of hydrogen-bond donors (Lipinski definition) is 0. The molecule has 1 aliphatic carbocycles. The Kier molecular flexibility index (Phi) is 4.46. The lowest BCUT2D eigenvalue weighted by Crippen LogP contribution is -2.31. The third-order valence-corrected chi connectivity index (χ3v) is 5.70. The van der Waals surface area contributed by atoms with Gasteiger partial charge in [-0.1, -0.05) is 31.8 Å². The van der Waals surface area contributed by atoms with Gasteiger partial charge in [-0.15, -0.1) is 0 Å². The van der Waals surface area contributed by atoms with Gasteiger partial charge in [0.25, 0.3) is 5.91 Å². The number of likely N-dealkylation sites (tertiary alicyclic amines) is 1. The smallest absolute Gasteiger partial charge is 0.274 e. The molecular formula is C19H25N5O2. The Hall–Kier alpha value is -2.31. The van der Waals surface area contributed by atoms with Gasteiger partial charge in [-0.05, 0) is 24.2 Å². The predicted molar refractivity (Wildman–Crippen MR) is 94.4 cm³/mol. The minimum atomic E-state index is -0.0576. The minimum absolute atomic E-state index is 0.0576. The Morgan fingerprint density at radius 1 is 1.35 bits per heavy atom. The van der Waals surface area contributed by atoms with Crippen molar-refractivity contribution in [1.82, 2.24) is 25.0 Å². The van der Waals surface area contributed by atoms with E-state index in [0.29, 0.717) is 24.0 Å². The first-order valence-corrected chi connectivity index (χ1v) is 9.45. The van der Waals surface area contributed by atoms with Gasteiger partial charge in [0.1, 0.15) is 5.69 Å². The highest BCUT2D eigenvalue weighted by Gasteiger charge is 2.51. The van der Waals surface area contributed by atoms with Gasteiger partial charge in [-0.25, -0.2) is 4.98 Å². The first kappa shape index (κ1) is 17.1. The highest BCUT2D eigenvalue weighted by molar-refractivity contribution is 5.92. The molecule has 1 unspecified atom stereocenters. The van der Waals surface area contributed by atoms with Crippen LogP contribution >= 0.6 is 0 Å². The van der Waals surface area contributed by atoms with Gasteiger partial charge in [0.05, 0.1) is 6.20 Å². The summed E-state index contributed by atoms with van der Waals surface area (Å²) in [6.07, 6.45) is 10.1.